The molecule has 0 aliphatic rings. The van der Waals surface area contributed by atoms with E-state index in [1.807, 2.05) is 62.4 Å². The molecule has 0 unspecified atom stereocenters. The van der Waals surface area contributed by atoms with E-state index in [-0.39, 0.29) is 5.91 Å². The highest BCUT2D eigenvalue weighted by molar-refractivity contribution is 9.10. The third-order valence-electron chi connectivity index (χ3n) is 3.90. The zero-order chi connectivity index (χ0) is 18.7. The lowest BCUT2D eigenvalue weighted by Crippen LogP contribution is -2.10. The van der Waals surface area contributed by atoms with Gasteiger partial charge in [0.2, 0.25) is 5.91 Å². The predicted molar refractivity (Wildman–Crippen MR) is 110 cm³/mol. The molecule has 132 valence electrons. The van der Waals surface area contributed by atoms with Crippen molar-refractivity contribution in [2.75, 3.05) is 5.32 Å². The number of aryl methyl sites for hydroxylation is 2. The number of anilines is 1. The van der Waals surface area contributed by atoms with Crippen molar-refractivity contribution in [3.05, 3.63) is 81.0 Å². The van der Waals surface area contributed by atoms with Crippen molar-refractivity contribution in [2.24, 2.45) is 0 Å². The standard InChI is InChI=1S/C21H17BrClNO2/c1-13-11-16(22)12-14(2)21(13)24-20(25)10-8-18-7-9-19(26-18)15-3-5-17(23)6-4-15/h3-12H,1-2H3,(H,24,25). The van der Waals surface area contributed by atoms with E-state index in [2.05, 4.69) is 21.2 Å². The molecule has 0 saturated carbocycles. The average molecular weight is 431 g/mol. The Bertz CT molecular complexity index is 951. The van der Waals surface area contributed by atoms with Gasteiger partial charge in [0.15, 0.2) is 0 Å². The van der Waals surface area contributed by atoms with Gasteiger partial charge in [-0.2, -0.15) is 0 Å². The van der Waals surface area contributed by atoms with Gasteiger partial charge in [-0.1, -0.05) is 27.5 Å². The molecule has 5 heteroatoms. The Balaban J connectivity index is 1.70. The van der Waals surface area contributed by atoms with Crippen LogP contribution in [0.3, 0.4) is 0 Å². The molecular formula is C21H17BrClNO2. The van der Waals surface area contributed by atoms with Gasteiger partial charge >= 0.3 is 0 Å². The highest BCUT2D eigenvalue weighted by Crippen LogP contribution is 2.26. The van der Waals surface area contributed by atoms with Crippen LogP contribution in [0, 0.1) is 13.8 Å². The van der Waals surface area contributed by atoms with Crippen LogP contribution in [-0.4, -0.2) is 5.91 Å². The van der Waals surface area contributed by atoms with Crippen LogP contribution in [-0.2, 0) is 4.79 Å². The molecule has 3 aromatic rings. The number of carbonyl (C=O) groups is 1. The van der Waals surface area contributed by atoms with Crippen LogP contribution < -0.4 is 5.32 Å². The van der Waals surface area contributed by atoms with Crippen molar-refractivity contribution in [1.29, 1.82) is 0 Å². The molecule has 1 N–H and O–H groups in total. The van der Waals surface area contributed by atoms with Crippen molar-refractivity contribution in [3.8, 4) is 11.3 Å². The maximum Gasteiger partial charge on any atom is 0.248 e. The van der Waals surface area contributed by atoms with Gasteiger partial charge in [-0.15, -0.1) is 0 Å². The van der Waals surface area contributed by atoms with Gasteiger partial charge in [-0.25, -0.2) is 0 Å². The predicted octanol–water partition coefficient (Wildman–Crippen LogP) is 6.63. The minimum absolute atomic E-state index is 0.206. The molecule has 1 aromatic heterocycles. The zero-order valence-electron chi connectivity index (χ0n) is 14.3. The molecule has 3 rings (SSSR count). The summed E-state index contributed by atoms with van der Waals surface area (Å²) in [7, 11) is 0. The second-order valence-electron chi connectivity index (χ2n) is 5.95. The third-order valence-corrected chi connectivity index (χ3v) is 4.61. The lowest BCUT2D eigenvalue weighted by atomic mass is 10.1. The lowest BCUT2D eigenvalue weighted by molar-refractivity contribution is -0.111. The summed E-state index contributed by atoms with van der Waals surface area (Å²) in [6.45, 7) is 3.92. The molecule has 1 heterocycles. The largest absolute Gasteiger partial charge is 0.457 e. The van der Waals surface area contributed by atoms with E-state index < -0.39 is 0 Å². The van der Waals surface area contributed by atoms with Crippen molar-refractivity contribution in [1.82, 2.24) is 0 Å². The van der Waals surface area contributed by atoms with Crippen LogP contribution in [0.4, 0.5) is 5.69 Å². The Morgan fingerprint density at radius 3 is 2.38 bits per heavy atom. The van der Waals surface area contributed by atoms with E-state index in [4.69, 9.17) is 16.0 Å². The first-order chi connectivity index (χ1) is 12.4. The number of halogens is 2. The quantitative estimate of drug-likeness (QED) is 0.472. The van der Waals surface area contributed by atoms with Crippen LogP contribution in [0.2, 0.25) is 5.02 Å². The zero-order valence-corrected chi connectivity index (χ0v) is 16.7. The normalized spacial score (nSPS) is 11.1. The van der Waals surface area contributed by atoms with E-state index in [0.717, 1.165) is 32.6 Å². The first-order valence-corrected chi connectivity index (χ1v) is 9.21. The molecule has 0 aliphatic carbocycles. The van der Waals surface area contributed by atoms with Crippen LogP contribution in [0.15, 0.2) is 63.5 Å². The summed E-state index contributed by atoms with van der Waals surface area (Å²) < 4.78 is 6.75. The van der Waals surface area contributed by atoms with Crippen molar-refractivity contribution < 1.29 is 9.21 Å². The molecule has 26 heavy (non-hydrogen) atoms. The number of rotatable bonds is 4. The van der Waals surface area contributed by atoms with Gasteiger partial charge in [-0.3, -0.25) is 4.79 Å². The average Bonchev–Trinajstić information content (AvgIpc) is 3.06. The Morgan fingerprint density at radius 1 is 1.08 bits per heavy atom. The molecule has 0 fully saturated rings. The van der Waals surface area contributed by atoms with Crippen LogP contribution >= 0.6 is 27.5 Å². The van der Waals surface area contributed by atoms with Gasteiger partial charge in [-0.05, 0) is 79.6 Å². The molecule has 0 radical (unpaired) electrons. The number of nitrogens with one attached hydrogen (secondary N) is 1. The van der Waals surface area contributed by atoms with E-state index in [1.54, 1.807) is 6.08 Å². The number of benzene rings is 2. The van der Waals surface area contributed by atoms with E-state index in [1.165, 1.54) is 6.08 Å². The number of amides is 1. The highest BCUT2D eigenvalue weighted by atomic mass is 79.9. The summed E-state index contributed by atoms with van der Waals surface area (Å²) in [6, 6.07) is 15.0. The van der Waals surface area contributed by atoms with E-state index >= 15 is 0 Å². The number of carbonyl (C=O) groups excluding carboxylic acids is 1. The number of hydrogen-bond donors (Lipinski definition) is 1. The van der Waals surface area contributed by atoms with Gasteiger partial charge in [0.05, 0.1) is 0 Å². The first kappa shape index (κ1) is 18.5. The maximum atomic E-state index is 12.2. The van der Waals surface area contributed by atoms with E-state index in [0.29, 0.717) is 10.8 Å². The molecule has 0 spiro atoms. The lowest BCUT2D eigenvalue weighted by Gasteiger charge is -2.10. The summed E-state index contributed by atoms with van der Waals surface area (Å²) in [5.41, 5.74) is 3.76. The SMILES string of the molecule is Cc1cc(Br)cc(C)c1NC(=O)C=Cc1ccc(-c2ccc(Cl)cc2)o1. The Hall–Kier alpha value is -2.30. The molecule has 0 atom stereocenters. The Morgan fingerprint density at radius 2 is 1.73 bits per heavy atom. The number of hydrogen-bond acceptors (Lipinski definition) is 2. The summed E-state index contributed by atoms with van der Waals surface area (Å²) >= 11 is 9.35. The van der Waals surface area contributed by atoms with Crippen molar-refractivity contribution in [3.63, 3.8) is 0 Å². The summed E-state index contributed by atoms with van der Waals surface area (Å²) in [5.74, 6) is 1.12. The van der Waals surface area contributed by atoms with Crippen molar-refractivity contribution >= 4 is 45.2 Å². The second kappa shape index (κ2) is 7.94. The van der Waals surface area contributed by atoms with Gasteiger partial charge in [0.25, 0.3) is 0 Å². The fourth-order valence-electron chi connectivity index (χ4n) is 2.64. The maximum absolute atomic E-state index is 12.2. The fourth-order valence-corrected chi connectivity index (χ4v) is 3.45. The van der Waals surface area contributed by atoms with Gasteiger partial charge in [0, 0.05) is 26.8 Å². The number of furan rings is 1. The molecule has 0 saturated heterocycles. The molecule has 3 nitrogen and oxygen atoms in total. The minimum Gasteiger partial charge on any atom is -0.457 e. The highest BCUT2D eigenvalue weighted by Gasteiger charge is 2.07. The van der Waals surface area contributed by atoms with Gasteiger partial charge in [0.1, 0.15) is 11.5 Å². The monoisotopic (exact) mass is 429 g/mol. The smallest absolute Gasteiger partial charge is 0.248 e. The first-order valence-electron chi connectivity index (χ1n) is 8.04. The second-order valence-corrected chi connectivity index (χ2v) is 7.30. The van der Waals surface area contributed by atoms with Crippen molar-refractivity contribution in [2.45, 2.75) is 13.8 Å². The summed E-state index contributed by atoms with van der Waals surface area (Å²) in [5, 5.41) is 3.59. The molecule has 1 amide bonds. The van der Waals surface area contributed by atoms with Crippen LogP contribution in [0.5, 0.6) is 0 Å². The topological polar surface area (TPSA) is 42.2 Å². The molecule has 0 bridgehead atoms. The fraction of sp³-hybridized carbons (Fsp3) is 0.0952. The Kier molecular flexibility index (Phi) is 5.64. The third kappa shape index (κ3) is 4.45. The summed E-state index contributed by atoms with van der Waals surface area (Å²) in [4.78, 5) is 12.2. The van der Waals surface area contributed by atoms with E-state index in [9.17, 15) is 4.79 Å². The minimum atomic E-state index is -0.206. The molecular weight excluding hydrogens is 414 g/mol. The Labute approximate surface area is 165 Å². The van der Waals surface area contributed by atoms with Crippen LogP contribution in [0.1, 0.15) is 16.9 Å². The molecule has 0 aliphatic heterocycles. The van der Waals surface area contributed by atoms with Crippen LogP contribution in [0.25, 0.3) is 17.4 Å². The summed E-state index contributed by atoms with van der Waals surface area (Å²) in [6.07, 6.45) is 3.11. The molecule has 2 aromatic carbocycles. The van der Waals surface area contributed by atoms with Gasteiger partial charge < -0.3 is 9.73 Å².